The van der Waals surface area contributed by atoms with Crippen molar-refractivity contribution in [1.82, 2.24) is 4.90 Å². The lowest BCUT2D eigenvalue weighted by Crippen LogP contribution is -2.54. The molecule has 1 N–H and O–H groups in total. The van der Waals surface area contributed by atoms with Crippen molar-refractivity contribution in [2.45, 2.75) is 31.3 Å². The highest BCUT2D eigenvalue weighted by Gasteiger charge is 2.75. The maximum atomic E-state index is 14.1. The molecule has 10 nitrogen and oxygen atoms in total. The Labute approximate surface area is 204 Å². The van der Waals surface area contributed by atoms with Crippen LogP contribution in [0.4, 0.5) is 17.1 Å². The number of methoxy groups -OCH3 is 1. The number of nitro benzene ring substituents is 1. The van der Waals surface area contributed by atoms with Gasteiger partial charge < -0.3 is 10.1 Å². The van der Waals surface area contributed by atoms with Gasteiger partial charge in [-0.05, 0) is 44.0 Å². The predicted octanol–water partition coefficient (Wildman–Crippen LogP) is 3.00. The Kier molecular flexibility index (Phi) is 4.56. The SMILES string of the molecule is COc1ccc([N+](=O)[O-])cc1N1C(=O)[C@@H]2[C@H]3CCCN3[C@@]3(C(=O)Nc4c3ccc(Cl)c4C)[C@@H]2C1=O. The van der Waals surface area contributed by atoms with Crippen LogP contribution in [-0.2, 0) is 19.9 Å². The zero-order valence-corrected chi connectivity index (χ0v) is 19.7. The largest absolute Gasteiger partial charge is 0.495 e. The summed E-state index contributed by atoms with van der Waals surface area (Å²) in [4.78, 5) is 55.6. The van der Waals surface area contributed by atoms with E-state index in [9.17, 15) is 24.5 Å². The van der Waals surface area contributed by atoms with E-state index in [1.165, 1.54) is 25.3 Å². The number of nitrogens with one attached hydrogen (secondary N) is 1. The van der Waals surface area contributed by atoms with Crippen molar-refractivity contribution >= 4 is 46.4 Å². The number of non-ortho nitro benzene ring substituents is 1. The van der Waals surface area contributed by atoms with E-state index in [0.29, 0.717) is 34.8 Å². The van der Waals surface area contributed by atoms with Crippen LogP contribution in [0, 0.1) is 28.9 Å². The van der Waals surface area contributed by atoms with Crippen LogP contribution in [0.25, 0.3) is 0 Å². The first-order valence-electron chi connectivity index (χ1n) is 11.3. The summed E-state index contributed by atoms with van der Waals surface area (Å²) in [5.74, 6) is -2.98. The third-order valence-electron chi connectivity index (χ3n) is 7.98. The zero-order valence-electron chi connectivity index (χ0n) is 18.9. The van der Waals surface area contributed by atoms with E-state index < -0.39 is 34.1 Å². The number of carbonyl (C=O) groups excluding carboxylic acids is 3. The first-order chi connectivity index (χ1) is 16.7. The number of anilines is 2. The van der Waals surface area contributed by atoms with E-state index in [2.05, 4.69) is 5.32 Å². The minimum atomic E-state index is -1.36. The van der Waals surface area contributed by atoms with Crippen LogP contribution in [0.2, 0.25) is 5.02 Å². The van der Waals surface area contributed by atoms with Crippen LogP contribution < -0.4 is 15.0 Å². The van der Waals surface area contributed by atoms with Crippen molar-refractivity contribution in [2.24, 2.45) is 11.8 Å². The fraction of sp³-hybridized carbons (Fsp3) is 0.375. The molecule has 0 unspecified atom stereocenters. The topological polar surface area (TPSA) is 122 Å². The lowest BCUT2D eigenvalue weighted by Gasteiger charge is -2.36. The van der Waals surface area contributed by atoms with Crippen LogP contribution in [0.15, 0.2) is 30.3 Å². The normalized spacial score (nSPS) is 28.9. The summed E-state index contributed by atoms with van der Waals surface area (Å²) < 4.78 is 5.35. The van der Waals surface area contributed by atoms with E-state index in [-0.39, 0.29) is 29.1 Å². The number of halogens is 1. The molecule has 3 saturated heterocycles. The average molecular weight is 497 g/mol. The van der Waals surface area contributed by atoms with Crippen molar-refractivity contribution in [3.05, 3.63) is 56.6 Å². The fourth-order valence-electron chi connectivity index (χ4n) is 6.59. The molecular weight excluding hydrogens is 476 g/mol. The number of hydrogen-bond donors (Lipinski definition) is 1. The van der Waals surface area contributed by atoms with Gasteiger partial charge in [0.15, 0.2) is 0 Å². The van der Waals surface area contributed by atoms with E-state index in [1.54, 1.807) is 19.1 Å². The smallest absolute Gasteiger partial charge is 0.271 e. The molecule has 11 heteroatoms. The molecule has 0 aromatic heterocycles. The molecule has 180 valence electrons. The molecule has 4 heterocycles. The predicted molar refractivity (Wildman–Crippen MR) is 125 cm³/mol. The molecule has 6 rings (SSSR count). The maximum absolute atomic E-state index is 14.1. The molecule has 0 aliphatic carbocycles. The number of nitrogens with zero attached hydrogens (tertiary/aromatic N) is 3. The number of amides is 3. The fourth-order valence-corrected chi connectivity index (χ4v) is 6.75. The Morgan fingerprint density at radius 1 is 1.20 bits per heavy atom. The standard InChI is InChI=1S/C24H21ClN4O6/c1-11-14(25)7-6-13-20(11)26-23(32)24(13)19-18(15-4-3-9-27(15)24)21(30)28(22(19)31)16-10-12(29(33)34)5-8-17(16)35-2/h5-8,10,15,18-19H,3-4,9H2,1-2H3,(H,26,32)/t15-,18-,19+,24-/m1/s1. The number of rotatable bonds is 3. The van der Waals surface area contributed by atoms with E-state index in [4.69, 9.17) is 16.3 Å². The lowest BCUT2D eigenvalue weighted by molar-refractivity contribution is -0.384. The number of nitro groups is 1. The molecule has 35 heavy (non-hydrogen) atoms. The quantitative estimate of drug-likeness (QED) is 0.393. The molecule has 3 amide bonds. The molecule has 4 atom stereocenters. The van der Waals surface area contributed by atoms with Gasteiger partial charge in [-0.15, -0.1) is 0 Å². The van der Waals surface area contributed by atoms with E-state index in [1.807, 2.05) is 4.90 Å². The first-order valence-corrected chi connectivity index (χ1v) is 11.7. The minimum Gasteiger partial charge on any atom is -0.495 e. The summed E-state index contributed by atoms with van der Waals surface area (Å²) in [6.45, 7) is 2.38. The van der Waals surface area contributed by atoms with Crippen molar-refractivity contribution < 1.29 is 24.0 Å². The number of hydrogen-bond acceptors (Lipinski definition) is 7. The Bertz CT molecular complexity index is 1360. The van der Waals surface area contributed by atoms with Gasteiger partial charge in [-0.3, -0.25) is 29.4 Å². The van der Waals surface area contributed by atoms with Gasteiger partial charge in [0.25, 0.3) is 5.69 Å². The van der Waals surface area contributed by atoms with Crippen molar-refractivity contribution in [3.63, 3.8) is 0 Å². The Morgan fingerprint density at radius 3 is 2.69 bits per heavy atom. The van der Waals surface area contributed by atoms with Gasteiger partial charge >= 0.3 is 0 Å². The average Bonchev–Trinajstić information content (AvgIpc) is 3.54. The molecule has 0 bridgehead atoms. The zero-order chi connectivity index (χ0) is 24.8. The highest BCUT2D eigenvalue weighted by atomic mass is 35.5. The molecule has 4 aliphatic heterocycles. The third kappa shape index (κ3) is 2.55. The van der Waals surface area contributed by atoms with Crippen LogP contribution in [0.3, 0.4) is 0 Å². The van der Waals surface area contributed by atoms with Crippen molar-refractivity contribution in [1.29, 1.82) is 0 Å². The van der Waals surface area contributed by atoms with Gasteiger partial charge in [-0.25, -0.2) is 4.90 Å². The first kappa shape index (κ1) is 22.0. The Balaban J connectivity index is 1.56. The summed E-state index contributed by atoms with van der Waals surface area (Å²) in [5.41, 5.74) is 0.286. The van der Waals surface area contributed by atoms with Gasteiger partial charge in [0, 0.05) is 28.8 Å². The third-order valence-corrected chi connectivity index (χ3v) is 8.39. The summed E-state index contributed by atoms with van der Waals surface area (Å²) >= 11 is 6.32. The van der Waals surface area contributed by atoms with Gasteiger partial charge in [-0.2, -0.15) is 0 Å². The summed E-state index contributed by atoms with van der Waals surface area (Å²) in [5, 5.41) is 14.9. The number of fused-ring (bicyclic) bond motifs is 7. The van der Waals surface area contributed by atoms with Crippen LogP contribution in [0.1, 0.15) is 24.0 Å². The molecule has 0 saturated carbocycles. The lowest BCUT2D eigenvalue weighted by atomic mass is 9.75. The Hall–Kier alpha value is -3.50. The number of carbonyl (C=O) groups is 3. The monoisotopic (exact) mass is 496 g/mol. The number of imide groups is 1. The Morgan fingerprint density at radius 2 is 1.97 bits per heavy atom. The van der Waals surface area contributed by atoms with Gasteiger partial charge in [0.2, 0.25) is 17.7 Å². The summed E-state index contributed by atoms with van der Waals surface area (Å²) in [6, 6.07) is 6.94. The number of benzene rings is 2. The van der Waals surface area contributed by atoms with Crippen LogP contribution in [0.5, 0.6) is 5.75 Å². The summed E-state index contributed by atoms with van der Waals surface area (Å²) in [7, 11) is 1.36. The molecule has 4 aliphatic rings. The summed E-state index contributed by atoms with van der Waals surface area (Å²) in [6.07, 6.45) is 1.45. The second kappa shape index (κ2) is 7.25. The van der Waals surface area contributed by atoms with E-state index in [0.717, 1.165) is 11.3 Å². The highest BCUT2D eigenvalue weighted by molar-refractivity contribution is 6.32. The molecule has 0 radical (unpaired) electrons. The second-order valence-electron chi connectivity index (χ2n) is 9.35. The molecule has 2 aromatic rings. The maximum Gasteiger partial charge on any atom is 0.271 e. The molecular formula is C24H21ClN4O6. The molecule has 3 fully saturated rings. The van der Waals surface area contributed by atoms with Gasteiger partial charge in [0.05, 0.1) is 29.6 Å². The molecule has 2 aromatic carbocycles. The minimum absolute atomic E-state index is 0.0108. The van der Waals surface area contributed by atoms with Crippen LogP contribution in [-0.4, -0.2) is 47.2 Å². The highest BCUT2D eigenvalue weighted by Crippen LogP contribution is 2.61. The molecule has 1 spiro atoms. The van der Waals surface area contributed by atoms with Gasteiger partial charge in [0.1, 0.15) is 17.0 Å². The van der Waals surface area contributed by atoms with Crippen molar-refractivity contribution in [2.75, 3.05) is 23.9 Å². The number of ether oxygens (including phenoxy) is 1. The van der Waals surface area contributed by atoms with Gasteiger partial charge in [-0.1, -0.05) is 17.7 Å². The second-order valence-corrected chi connectivity index (χ2v) is 9.75. The van der Waals surface area contributed by atoms with Crippen LogP contribution >= 0.6 is 11.6 Å². The van der Waals surface area contributed by atoms with Crippen molar-refractivity contribution in [3.8, 4) is 5.75 Å². The van der Waals surface area contributed by atoms with E-state index >= 15 is 0 Å².